The van der Waals surface area contributed by atoms with Crippen molar-refractivity contribution in [2.45, 2.75) is 13.8 Å². The molecule has 0 bridgehead atoms. The van der Waals surface area contributed by atoms with Crippen molar-refractivity contribution >= 4 is 55.2 Å². The zero-order valence-corrected chi connectivity index (χ0v) is 17.9. The smallest absolute Gasteiger partial charge is 0.239 e. The lowest BCUT2D eigenvalue weighted by atomic mass is 10.2. The topological polar surface area (TPSA) is 74.3 Å². The molecular weight excluding hydrogens is 464 g/mol. The van der Waals surface area contributed by atoms with Crippen molar-refractivity contribution in [2.75, 3.05) is 30.8 Å². The maximum absolute atomic E-state index is 12.3. The summed E-state index contributed by atoms with van der Waals surface area (Å²) in [6.07, 6.45) is 0. The number of amides is 2. The van der Waals surface area contributed by atoms with Crippen molar-refractivity contribution in [2.24, 2.45) is 0 Å². The Kier molecular flexibility index (Phi) is 7.31. The van der Waals surface area contributed by atoms with E-state index in [2.05, 4.69) is 47.5 Å². The molecule has 0 aliphatic heterocycles. The molecule has 0 unspecified atom stereocenters. The number of halogens is 2. The fourth-order valence-corrected chi connectivity index (χ4v) is 3.95. The third kappa shape index (κ3) is 6.19. The normalized spacial score (nSPS) is 10.7. The van der Waals surface area contributed by atoms with E-state index in [1.165, 1.54) is 0 Å². The van der Waals surface area contributed by atoms with E-state index < -0.39 is 0 Å². The van der Waals surface area contributed by atoms with Gasteiger partial charge in [-0.1, -0.05) is 6.07 Å². The average Bonchev–Trinajstić information content (AvgIpc) is 2.50. The van der Waals surface area contributed by atoms with E-state index in [0.717, 1.165) is 20.2 Å². The third-order valence-corrected chi connectivity index (χ3v) is 4.68. The van der Waals surface area contributed by atoms with E-state index in [1.54, 1.807) is 18.0 Å². The van der Waals surface area contributed by atoms with Crippen LogP contribution in [-0.4, -0.2) is 41.8 Å². The van der Waals surface area contributed by atoms with E-state index in [1.807, 2.05) is 38.1 Å². The molecule has 2 amide bonds. The van der Waals surface area contributed by atoms with Gasteiger partial charge in [0, 0.05) is 14.6 Å². The molecule has 2 rings (SSSR count). The Morgan fingerprint density at radius 3 is 2.19 bits per heavy atom. The van der Waals surface area contributed by atoms with Crippen molar-refractivity contribution < 1.29 is 9.59 Å². The number of aryl methyl sites for hydroxylation is 2. The van der Waals surface area contributed by atoms with Crippen LogP contribution in [0, 0.1) is 13.8 Å². The van der Waals surface area contributed by atoms with Crippen LogP contribution in [0.25, 0.3) is 0 Å². The first-order valence-electron chi connectivity index (χ1n) is 7.92. The first-order chi connectivity index (χ1) is 12.2. The standard InChI is InChI=1S/C18H20Br2N4O2/c1-11-7-13(19)18(14(20)8-11)23-17(26)10-24(3)9-16(25)22-15-6-4-5-12(2)21-15/h4-8H,9-10H2,1-3H3,(H,23,26)(H,21,22,25). The van der Waals surface area contributed by atoms with Gasteiger partial charge in [-0.05, 0) is 82.6 Å². The summed E-state index contributed by atoms with van der Waals surface area (Å²) in [5.74, 6) is 0.0655. The average molecular weight is 484 g/mol. The van der Waals surface area contributed by atoms with Crippen molar-refractivity contribution in [1.82, 2.24) is 9.88 Å². The highest BCUT2D eigenvalue weighted by Crippen LogP contribution is 2.32. The summed E-state index contributed by atoms with van der Waals surface area (Å²) in [6.45, 7) is 3.99. The number of likely N-dealkylation sites (N-methyl/N-ethyl adjacent to an activating group) is 1. The summed E-state index contributed by atoms with van der Waals surface area (Å²) >= 11 is 6.89. The van der Waals surface area contributed by atoms with Gasteiger partial charge in [0.15, 0.2) is 0 Å². The second-order valence-corrected chi connectivity index (χ2v) is 7.75. The lowest BCUT2D eigenvalue weighted by molar-refractivity contribution is -0.119. The van der Waals surface area contributed by atoms with Crippen molar-refractivity contribution in [1.29, 1.82) is 0 Å². The van der Waals surface area contributed by atoms with Gasteiger partial charge in [0.2, 0.25) is 11.8 Å². The molecule has 1 heterocycles. The van der Waals surface area contributed by atoms with Gasteiger partial charge in [-0.15, -0.1) is 0 Å². The monoisotopic (exact) mass is 482 g/mol. The molecule has 0 saturated carbocycles. The summed E-state index contributed by atoms with van der Waals surface area (Å²) in [4.78, 5) is 30.2. The number of nitrogens with zero attached hydrogens (tertiary/aromatic N) is 2. The van der Waals surface area contributed by atoms with E-state index in [9.17, 15) is 9.59 Å². The van der Waals surface area contributed by atoms with Crippen LogP contribution in [-0.2, 0) is 9.59 Å². The number of benzene rings is 1. The molecule has 0 radical (unpaired) electrons. The minimum atomic E-state index is -0.226. The maximum atomic E-state index is 12.3. The highest BCUT2D eigenvalue weighted by atomic mass is 79.9. The SMILES string of the molecule is Cc1cc(Br)c(NC(=O)CN(C)CC(=O)Nc2cccc(C)n2)c(Br)c1. The highest BCUT2D eigenvalue weighted by Gasteiger charge is 2.14. The molecule has 0 aliphatic carbocycles. The Morgan fingerprint density at radius 1 is 1.04 bits per heavy atom. The van der Waals surface area contributed by atoms with Crippen LogP contribution in [0.4, 0.5) is 11.5 Å². The quantitative estimate of drug-likeness (QED) is 0.656. The van der Waals surface area contributed by atoms with Crippen LogP contribution in [0.1, 0.15) is 11.3 Å². The number of nitrogens with one attached hydrogen (secondary N) is 2. The van der Waals surface area contributed by atoms with Crippen LogP contribution in [0.2, 0.25) is 0 Å². The fourth-order valence-electron chi connectivity index (χ4n) is 2.34. The number of pyridine rings is 1. The van der Waals surface area contributed by atoms with E-state index in [4.69, 9.17) is 0 Å². The molecule has 1 aromatic carbocycles. The molecule has 0 saturated heterocycles. The second kappa shape index (κ2) is 9.25. The summed E-state index contributed by atoms with van der Waals surface area (Å²) in [5.41, 5.74) is 2.56. The van der Waals surface area contributed by atoms with Crippen LogP contribution < -0.4 is 10.6 Å². The molecule has 0 fully saturated rings. The Labute approximate surface area is 169 Å². The van der Waals surface area contributed by atoms with Gasteiger partial charge in [0.25, 0.3) is 0 Å². The maximum Gasteiger partial charge on any atom is 0.239 e. The van der Waals surface area contributed by atoms with Gasteiger partial charge in [-0.25, -0.2) is 4.98 Å². The molecule has 0 aliphatic rings. The molecule has 2 aromatic rings. The van der Waals surface area contributed by atoms with E-state index >= 15 is 0 Å². The van der Waals surface area contributed by atoms with Gasteiger partial charge < -0.3 is 10.6 Å². The number of carbonyl (C=O) groups excluding carboxylic acids is 2. The number of hydrogen-bond acceptors (Lipinski definition) is 4. The van der Waals surface area contributed by atoms with E-state index in [0.29, 0.717) is 11.5 Å². The zero-order chi connectivity index (χ0) is 19.3. The number of aromatic nitrogens is 1. The van der Waals surface area contributed by atoms with Gasteiger partial charge in [0.1, 0.15) is 5.82 Å². The molecule has 0 atom stereocenters. The third-order valence-electron chi connectivity index (χ3n) is 3.43. The van der Waals surface area contributed by atoms with Gasteiger partial charge >= 0.3 is 0 Å². The Balaban J connectivity index is 1.88. The minimum absolute atomic E-state index is 0.0826. The van der Waals surface area contributed by atoms with Gasteiger partial charge in [-0.2, -0.15) is 0 Å². The van der Waals surface area contributed by atoms with Crippen molar-refractivity contribution in [3.63, 3.8) is 0 Å². The highest BCUT2D eigenvalue weighted by molar-refractivity contribution is 9.11. The molecule has 138 valence electrons. The fraction of sp³-hybridized carbons (Fsp3) is 0.278. The molecule has 26 heavy (non-hydrogen) atoms. The summed E-state index contributed by atoms with van der Waals surface area (Å²) < 4.78 is 1.59. The Morgan fingerprint density at radius 2 is 1.62 bits per heavy atom. The first kappa shape index (κ1) is 20.5. The Bertz CT molecular complexity index is 804. The summed E-state index contributed by atoms with van der Waals surface area (Å²) in [6, 6.07) is 9.25. The molecular formula is C18H20Br2N4O2. The molecule has 6 nitrogen and oxygen atoms in total. The summed E-state index contributed by atoms with van der Waals surface area (Å²) in [5, 5.41) is 5.57. The zero-order valence-electron chi connectivity index (χ0n) is 14.8. The van der Waals surface area contributed by atoms with Crippen molar-refractivity contribution in [3.8, 4) is 0 Å². The summed E-state index contributed by atoms with van der Waals surface area (Å²) in [7, 11) is 1.71. The lowest BCUT2D eigenvalue weighted by Gasteiger charge is -2.17. The Hall–Kier alpha value is -1.77. The number of rotatable bonds is 6. The van der Waals surface area contributed by atoms with Gasteiger partial charge in [-0.3, -0.25) is 14.5 Å². The lowest BCUT2D eigenvalue weighted by Crippen LogP contribution is -2.36. The van der Waals surface area contributed by atoms with Crippen molar-refractivity contribution in [3.05, 3.63) is 50.5 Å². The molecule has 1 aromatic heterocycles. The number of anilines is 2. The number of hydrogen-bond donors (Lipinski definition) is 2. The molecule has 8 heteroatoms. The molecule has 2 N–H and O–H groups in total. The molecule has 0 spiro atoms. The number of carbonyl (C=O) groups is 2. The van der Waals surface area contributed by atoms with Gasteiger partial charge in [0.05, 0.1) is 18.8 Å². The predicted octanol–water partition coefficient (Wildman–Crippen LogP) is 3.73. The largest absolute Gasteiger partial charge is 0.323 e. The predicted molar refractivity (Wildman–Crippen MR) is 110 cm³/mol. The van der Waals surface area contributed by atoms with E-state index in [-0.39, 0.29) is 24.9 Å². The first-order valence-corrected chi connectivity index (χ1v) is 9.50. The van der Waals surface area contributed by atoms with Crippen LogP contribution in [0.5, 0.6) is 0 Å². The minimum Gasteiger partial charge on any atom is -0.323 e. The second-order valence-electron chi connectivity index (χ2n) is 6.04. The van der Waals surface area contributed by atoms with Crippen LogP contribution in [0.3, 0.4) is 0 Å². The van der Waals surface area contributed by atoms with Crippen LogP contribution >= 0.6 is 31.9 Å². The van der Waals surface area contributed by atoms with Crippen LogP contribution in [0.15, 0.2) is 39.3 Å².